The molecule has 6 nitrogen and oxygen atoms in total. The summed E-state index contributed by atoms with van der Waals surface area (Å²) in [4.78, 5) is 37.4. The molecule has 1 atom stereocenters. The zero-order chi connectivity index (χ0) is 20.4. The van der Waals surface area contributed by atoms with Crippen molar-refractivity contribution in [3.8, 4) is 0 Å². The Labute approximate surface area is 170 Å². The van der Waals surface area contributed by atoms with E-state index in [9.17, 15) is 19.5 Å². The topological polar surface area (TPSA) is 94.9 Å². The van der Waals surface area contributed by atoms with Gasteiger partial charge in [-0.1, -0.05) is 59.6 Å². The van der Waals surface area contributed by atoms with Gasteiger partial charge in [0, 0.05) is 22.2 Å². The van der Waals surface area contributed by atoms with Crippen LogP contribution in [0.15, 0.2) is 54.1 Å². The van der Waals surface area contributed by atoms with Crippen LogP contribution in [0.1, 0.15) is 23.6 Å². The van der Waals surface area contributed by atoms with E-state index in [1.54, 1.807) is 42.5 Å². The summed E-state index contributed by atoms with van der Waals surface area (Å²) in [5.41, 5.74) is 0.577. The maximum Gasteiger partial charge on any atom is 0.305 e. The number of nitrogens with zero attached hydrogens (tertiary/aromatic N) is 1. The second-order valence-corrected chi connectivity index (χ2v) is 7.01. The number of aliphatic hydroxyl groups excluding tert-OH is 1. The van der Waals surface area contributed by atoms with E-state index in [1.807, 2.05) is 0 Å². The third kappa shape index (κ3) is 3.74. The quantitative estimate of drug-likeness (QED) is 0.435. The van der Waals surface area contributed by atoms with Gasteiger partial charge >= 0.3 is 5.97 Å². The molecule has 1 amide bonds. The molecule has 8 heteroatoms. The molecule has 2 N–H and O–H groups in total. The minimum atomic E-state index is -1.12. The molecule has 0 unspecified atom stereocenters. The number of carboxylic acids is 1. The van der Waals surface area contributed by atoms with Gasteiger partial charge in [-0.05, 0) is 17.7 Å². The lowest BCUT2D eigenvalue weighted by molar-refractivity contribution is -0.142. The molecule has 144 valence electrons. The molecule has 1 aliphatic rings. The van der Waals surface area contributed by atoms with E-state index < -0.39 is 23.7 Å². The number of carbonyl (C=O) groups excluding carboxylic acids is 2. The van der Waals surface area contributed by atoms with Crippen molar-refractivity contribution in [2.75, 3.05) is 6.54 Å². The van der Waals surface area contributed by atoms with Gasteiger partial charge in [0.2, 0.25) is 0 Å². The molecule has 2 aromatic rings. The highest BCUT2D eigenvalue weighted by Gasteiger charge is 2.46. The summed E-state index contributed by atoms with van der Waals surface area (Å²) in [6.45, 7) is -0.213. The van der Waals surface area contributed by atoms with Crippen LogP contribution in [0.2, 0.25) is 10.0 Å². The van der Waals surface area contributed by atoms with Gasteiger partial charge in [0.1, 0.15) is 5.76 Å². The van der Waals surface area contributed by atoms with Gasteiger partial charge in [0.15, 0.2) is 0 Å². The summed E-state index contributed by atoms with van der Waals surface area (Å²) in [5.74, 6) is -3.27. The standard InChI is InChI=1S/C20H15Cl2NO5/c21-12-6-7-13(14(22)10-12)17-16(18(26)11-4-2-1-3-5-11)19(27)20(28)23(17)9-8-15(24)25/h1-7,10,17,26H,8-9H2,(H,24,25)/t17-/m0/s1. The van der Waals surface area contributed by atoms with Crippen LogP contribution < -0.4 is 0 Å². The lowest BCUT2D eigenvalue weighted by atomic mass is 9.95. The number of hydrogen-bond acceptors (Lipinski definition) is 4. The highest BCUT2D eigenvalue weighted by molar-refractivity contribution is 6.47. The molecule has 1 aliphatic heterocycles. The SMILES string of the molecule is O=C(O)CCN1C(=O)C(=O)C(=C(O)c2ccccc2)[C@@H]1c1ccc(Cl)cc1Cl. The average molecular weight is 420 g/mol. The Balaban J connectivity index is 2.19. The number of carbonyl (C=O) groups is 3. The van der Waals surface area contributed by atoms with E-state index >= 15 is 0 Å². The van der Waals surface area contributed by atoms with Gasteiger partial charge in [-0.25, -0.2) is 0 Å². The van der Waals surface area contributed by atoms with Crippen LogP contribution in [0.25, 0.3) is 5.76 Å². The summed E-state index contributed by atoms with van der Waals surface area (Å²) in [6, 6.07) is 11.8. The third-order valence-electron chi connectivity index (χ3n) is 4.41. The predicted octanol–water partition coefficient (Wildman–Crippen LogP) is 3.89. The molecule has 0 bridgehead atoms. The number of halogens is 2. The van der Waals surface area contributed by atoms with Crippen LogP contribution in [-0.2, 0) is 14.4 Å². The Kier molecular flexibility index (Phi) is 5.72. The van der Waals surface area contributed by atoms with Gasteiger partial charge < -0.3 is 15.1 Å². The first-order chi connectivity index (χ1) is 13.3. The number of aliphatic hydroxyl groups is 1. The monoisotopic (exact) mass is 419 g/mol. The minimum Gasteiger partial charge on any atom is -0.507 e. The molecule has 2 aromatic carbocycles. The summed E-state index contributed by atoms with van der Waals surface area (Å²) >= 11 is 12.2. The highest BCUT2D eigenvalue weighted by Crippen LogP contribution is 2.42. The van der Waals surface area contributed by atoms with E-state index in [0.29, 0.717) is 16.1 Å². The van der Waals surface area contributed by atoms with Crippen LogP contribution in [0.5, 0.6) is 0 Å². The Morgan fingerprint density at radius 1 is 1.04 bits per heavy atom. The number of amides is 1. The predicted molar refractivity (Wildman–Crippen MR) is 104 cm³/mol. The fourth-order valence-corrected chi connectivity index (χ4v) is 3.64. The molecule has 0 saturated carbocycles. The first kappa shape index (κ1) is 19.9. The summed E-state index contributed by atoms with van der Waals surface area (Å²) < 4.78 is 0. The van der Waals surface area contributed by atoms with Crippen LogP contribution in [0, 0.1) is 0 Å². The fourth-order valence-electron chi connectivity index (χ4n) is 3.12. The number of Topliss-reactive ketones (excluding diaryl/α,β-unsaturated/α-hetero) is 1. The molecule has 1 saturated heterocycles. The molecule has 0 radical (unpaired) electrons. The average Bonchev–Trinajstić information content (AvgIpc) is 2.91. The van der Waals surface area contributed by atoms with Crippen LogP contribution >= 0.6 is 23.2 Å². The van der Waals surface area contributed by atoms with Crippen LogP contribution in [0.4, 0.5) is 0 Å². The highest BCUT2D eigenvalue weighted by atomic mass is 35.5. The Morgan fingerprint density at radius 2 is 1.71 bits per heavy atom. The molecule has 0 spiro atoms. The number of ketones is 1. The minimum absolute atomic E-state index is 0.147. The van der Waals surface area contributed by atoms with E-state index in [-0.39, 0.29) is 29.3 Å². The van der Waals surface area contributed by atoms with Crippen molar-refractivity contribution in [1.29, 1.82) is 0 Å². The summed E-state index contributed by atoms with van der Waals surface area (Å²) in [7, 11) is 0. The Hall–Kier alpha value is -2.83. The molecule has 0 aliphatic carbocycles. The second-order valence-electron chi connectivity index (χ2n) is 6.17. The smallest absolute Gasteiger partial charge is 0.305 e. The van der Waals surface area contributed by atoms with Crippen molar-refractivity contribution in [1.82, 2.24) is 4.90 Å². The molecule has 0 aromatic heterocycles. The second kappa shape index (κ2) is 8.04. The van der Waals surface area contributed by atoms with Crippen molar-refractivity contribution in [3.05, 3.63) is 75.3 Å². The van der Waals surface area contributed by atoms with Gasteiger partial charge in [-0.3, -0.25) is 14.4 Å². The molecule has 1 heterocycles. The van der Waals surface area contributed by atoms with Crippen molar-refractivity contribution >= 4 is 46.6 Å². The number of benzene rings is 2. The summed E-state index contributed by atoms with van der Waals surface area (Å²) in [6.07, 6.45) is -0.361. The number of hydrogen-bond donors (Lipinski definition) is 2. The molecule has 3 rings (SSSR count). The molecule has 1 fully saturated rings. The van der Waals surface area contributed by atoms with Crippen molar-refractivity contribution in [2.24, 2.45) is 0 Å². The lowest BCUT2D eigenvalue weighted by Gasteiger charge is -2.25. The van der Waals surface area contributed by atoms with Crippen molar-refractivity contribution < 1.29 is 24.6 Å². The molecular weight excluding hydrogens is 405 g/mol. The van der Waals surface area contributed by atoms with Crippen LogP contribution in [0.3, 0.4) is 0 Å². The number of aliphatic carboxylic acids is 1. The van der Waals surface area contributed by atoms with Crippen molar-refractivity contribution in [2.45, 2.75) is 12.5 Å². The summed E-state index contributed by atoms with van der Waals surface area (Å²) in [5, 5.41) is 20.3. The van der Waals surface area contributed by atoms with E-state index in [4.69, 9.17) is 28.3 Å². The lowest BCUT2D eigenvalue weighted by Crippen LogP contribution is -2.32. The van der Waals surface area contributed by atoms with Crippen molar-refractivity contribution in [3.63, 3.8) is 0 Å². The number of rotatable bonds is 5. The van der Waals surface area contributed by atoms with E-state index in [1.165, 1.54) is 6.07 Å². The third-order valence-corrected chi connectivity index (χ3v) is 4.97. The van der Waals surface area contributed by atoms with Gasteiger partial charge in [-0.2, -0.15) is 0 Å². The normalized spacial score (nSPS) is 18.5. The van der Waals surface area contributed by atoms with Gasteiger partial charge in [-0.15, -0.1) is 0 Å². The number of carboxylic acid groups (broad SMARTS) is 1. The Bertz CT molecular complexity index is 987. The molecule has 28 heavy (non-hydrogen) atoms. The van der Waals surface area contributed by atoms with Gasteiger partial charge in [0.05, 0.1) is 18.0 Å². The first-order valence-electron chi connectivity index (χ1n) is 8.32. The largest absolute Gasteiger partial charge is 0.507 e. The number of likely N-dealkylation sites (tertiary alicyclic amines) is 1. The maximum absolute atomic E-state index is 12.7. The Morgan fingerprint density at radius 3 is 2.32 bits per heavy atom. The first-order valence-corrected chi connectivity index (χ1v) is 9.07. The maximum atomic E-state index is 12.7. The van der Waals surface area contributed by atoms with Gasteiger partial charge in [0.25, 0.3) is 11.7 Å². The zero-order valence-corrected chi connectivity index (χ0v) is 15.9. The zero-order valence-electron chi connectivity index (χ0n) is 14.4. The molecular formula is C20H15Cl2NO5. The van der Waals surface area contributed by atoms with Crippen LogP contribution in [-0.4, -0.2) is 39.3 Å². The van der Waals surface area contributed by atoms with E-state index in [2.05, 4.69) is 0 Å². The fraction of sp³-hybridized carbons (Fsp3) is 0.150. The van der Waals surface area contributed by atoms with E-state index in [0.717, 1.165) is 4.90 Å².